The van der Waals surface area contributed by atoms with Gasteiger partial charge in [-0.1, -0.05) is 0 Å². The van der Waals surface area contributed by atoms with Crippen LogP contribution in [0.2, 0.25) is 0 Å². The predicted molar refractivity (Wildman–Crippen MR) is 79.0 cm³/mol. The standard InChI is InChI=1S/C14H19N3O6/c18-11(2-1-3-12(19)20)15-6-8-4-5-10(23-8)9-7-16-14(22)17-13(9)21/h7-8,10H,1-6H2,(H,15,18)(H,19,20)(H2,16,17,21,22). The molecule has 1 amide bonds. The van der Waals surface area contributed by atoms with E-state index in [1.807, 2.05) is 0 Å². The molecular weight excluding hydrogens is 306 g/mol. The van der Waals surface area contributed by atoms with Crippen molar-refractivity contribution >= 4 is 11.9 Å². The van der Waals surface area contributed by atoms with Crippen LogP contribution in [-0.2, 0) is 14.3 Å². The van der Waals surface area contributed by atoms with Gasteiger partial charge in [-0.05, 0) is 19.3 Å². The molecule has 0 saturated carbocycles. The van der Waals surface area contributed by atoms with Crippen LogP contribution in [0.4, 0.5) is 0 Å². The molecule has 23 heavy (non-hydrogen) atoms. The maximum absolute atomic E-state index is 11.7. The lowest BCUT2D eigenvalue weighted by molar-refractivity contribution is -0.137. The van der Waals surface area contributed by atoms with E-state index in [0.29, 0.717) is 31.4 Å². The molecule has 0 aliphatic carbocycles. The molecule has 0 bridgehead atoms. The van der Waals surface area contributed by atoms with Crippen LogP contribution in [0.25, 0.3) is 0 Å². The second kappa shape index (κ2) is 7.73. The van der Waals surface area contributed by atoms with Gasteiger partial charge in [-0.15, -0.1) is 0 Å². The maximum Gasteiger partial charge on any atom is 0.325 e. The Hall–Kier alpha value is -2.42. The van der Waals surface area contributed by atoms with Crippen LogP contribution in [0.5, 0.6) is 0 Å². The molecule has 0 spiro atoms. The van der Waals surface area contributed by atoms with Crippen molar-refractivity contribution in [3.8, 4) is 0 Å². The van der Waals surface area contributed by atoms with E-state index in [1.54, 1.807) is 0 Å². The fourth-order valence-corrected chi connectivity index (χ4v) is 2.46. The lowest BCUT2D eigenvalue weighted by Crippen LogP contribution is -2.32. The minimum Gasteiger partial charge on any atom is -0.481 e. The Morgan fingerprint density at radius 1 is 1.30 bits per heavy atom. The van der Waals surface area contributed by atoms with Crippen molar-refractivity contribution in [3.63, 3.8) is 0 Å². The Bertz CT molecular complexity index is 680. The van der Waals surface area contributed by atoms with Gasteiger partial charge >= 0.3 is 11.7 Å². The molecule has 2 unspecified atom stereocenters. The van der Waals surface area contributed by atoms with Crippen LogP contribution in [0.3, 0.4) is 0 Å². The van der Waals surface area contributed by atoms with Crippen LogP contribution in [0.15, 0.2) is 15.8 Å². The summed E-state index contributed by atoms with van der Waals surface area (Å²) >= 11 is 0. The van der Waals surface area contributed by atoms with E-state index < -0.39 is 23.3 Å². The zero-order chi connectivity index (χ0) is 16.8. The third-order valence-corrected chi connectivity index (χ3v) is 3.62. The summed E-state index contributed by atoms with van der Waals surface area (Å²) in [6.45, 7) is 0.309. The average molecular weight is 325 g/mol. The van der Waals surface area contributed by atoms with Crippen molar-refractivity contribution in [1.29, 1.82) is 0 Å². The molecule has 9 heteroatoms. The number of hydrogen-bond donors (Lipinski definition) is 4. The molecule has 1 aromatic heterocycles. The number of aliphatic carboxylic acids is 1. The highest BCUT2D eigenvalue weighted by molar-refractivity contribution is 5.76. The molecular formula is C14H19N3O6. The summed E-state index contributed by atoms with van der Waals surface area (Å²) < 4.78 is 5.71. The smallest absolute Gasteiger partial charge is 0.325 e. The number of carbonyl (C=O) groups excluding carboxylic acids is 1. The molecule has 2 heterocycles. The first-order valence-electron chi connectivity index (χ1n) is 7.41. The van der Waals surface area contributed by atoms with E-state index in [-0.39, 0.29) is 24.9 Å². The van der Waals surface area contributed by atoms with E-state index in [2.05, 4.69) is 15.3 Å². The third-order valence-electron chi connectivity index (χ3n) is 3.62. The minimum absolute atomic E-state index is 0.0373. The highest BCUT2D eigenvalue weighted by atomic mass is 16.5. The van der Waals surface area contributed by atoms with E-state index in [1.165, 1.54) is 6.20 Å². The first kappa shape index (κ1) is 16.9. The van der Waals surface area contributed by atoms with Crippen molar-refractivity contribution in [2.45, 2.75) is 44.3 Å². The van der Waals surface area contributed by atoms with Gasteiger partial charge in [0.15, 0.2) is 0 Å². The van der Waals surface area contributed by atoms with E-state index in [9.17, 15) is 19.2 Å². The second-order valence-corrected chi connectivity index (χ2v) is 5.40. The maximum atomic E-state index is 11.7. The van der Waals surface area contributed by atoms with E-state index in [4.69, 9.17) is 9.84 Å². The lowest BCUT2D eigenvalue weighted by Gasteiger charge is -2.14. The number of carboxylic acid groups (broad SMARTS) is 1. The predicted octanol–water partition coefficient (Wildman–Crippen LogP) is -0.346. The molecule has 126 valence electrons. The monoisotopic (exact) mass is 325 g/mol. The summed E-state index contributed by atoms with van der Waals surface area (Å²) in [6, 6.07) is 0. The summed E-state index contributed by atoms with van der Waals surface area (Å²) in [5, 5.41) is 11.2. The first-order chi connectivity index (χ1) is 11.0. The number of H-pyrrole nitrogens is 2. The number of carboxylic acids is 1. The molecule has 1 aromatic rings. The molecule has 1 aliphatic heterocycles. The van der Waals surface area contributed by atoms with Crippen molar-refractivity contribution in [2.75, 3.05) is 6.54 Å². The number of aromatic amines is 2. The van der Waals surface area contributed by atoms with E-state index >= 15 is 0 Å². The minimum atomic E-state index is -0.925. The van der Waals surface area contributed by atoms with Crippen molar-refractivity contribution in [3.05, 3.63) is 32.6 Å². The Labute approximate surface area is 131 Å². The Morgan fingerprint density at radius 3 is 2.78 bits per heavy atom. The largest absolute Gasteiger partial charge is 0.481 e. The Morgan fingerprint density at radius 2 is 2.09 bits per heavy atom. The SMILES string of the molecule is O=C(O)CCCC(=O)NCC1CCC(c2c[nH]c(=O)[nH]c2=O)O1. The normalized spacial score (nSPS) is 20.3. The number of nitrogens with one attached hydrogen (secondary N) is 3. The molecule has 1 saturated heterocycles. The van der Waals surface area contributed by atoms with Crippen LogP contribution in [-0.4, -0.2) is 39.6 Å². The molecule has 2 rings (SSSR count). The molecule has 9 nitrogen and oxygen atoms in total. The third kappa shape index (κ3) is 5.06. The van der Waals surface area contributed by atoms with Gasteiger partial charge < -0.3 is 20.1 Å². The molecule has 4 N–H and O–H groups in total. The van der Waals surface area contributed by atoms with Gasteiger partial charge in [0.05, 0.1) is 17.8 Å². The number of carbonyl (C=O) groups is 2. The van der Waals surface area contributed by atoms with Crippen LogP contribution < -0.4 is 16.6 Å². The van der Waals surface area contributed by atoms with Gasteiger partial charge in [-0.25, -0.2) is 4.79 Å². The molecule has 2 atom stereocenters. The van der Waals surface area contributed by atoms with Crippen LogP contribution >= 0.6 is 0 Å². The van der Waals surface area contributed by atoms with Crippen molar-refractivity contribution < 1.29 is 19.4 Å². The number of rotatable bonds is 7. The van der Waals surface area contributed by atoms with Crippen LogP contribution in [0.1, 0.15) is 43.8 Å². The molecule has 1 fully saturated rings. The fraction of sp³-hybridized carbons (Fsp3) is 0.571. The second-order valence-electron chi connectivity index (χ2n) is 5.40. The zero-order valence-corrected chi connectivity index (χ0v) is 12.5. The van der Waals surface area contributed by atoms with Crippen LogP contribution in [0, 0.1) is 0 Å². The van der Waals surface area contributed by atoms with Crippen molar-refractivity contribution in [2.24, 2.45) is 0 Å². The number of aromatic nitrogens is 2. The topological polar surface area (TPSA) is 141 Å². The Kier molecular flexibility index (Phi) is 5.69. The number of hydrogen-bond acceptors (Lipinski definition) is 5. The quantitative estimate of drug-likeness (QED) is 0.540. The number of amides is 1. The molecule has 0 aromatic carbocycles. The molecule has 1 aliphatic rings. The highest BCUT2D eigenvalue weighted by Crippen LogP contribution is 2.30. The fourth-order valence-electron chi connectivity index (χ4n) is 2.46. The van der Waals surface area contributed by atoms with E-state index in [0.717, 1.165) is 0 Å². The van der Waals surface area contributed by atoms with Gasteiger partial charge in [-0.2, -0.15) is 0 Å². The summed E-state index contributed by atoms with van der Waals surface area (Å²) in [7, 11) is 0. The summed E-state index contributed by atoms with van der Waals surface area (Å²) in [6.07, 6.45) is 2.43. The Balaban J connectivity index is 1.77. The zero-order valence-electron chi connectivity index (χ0n) is 12.5. The summed E-state index contributed by atoms with van der Waals surface area (Å²) in [5.41, 5.74) is -0.682. The number of ether oxygens (including phenoxy) is 1. The van der Waals surface area contributed by atoms with Gasteiger partial charge in [-0.3, -0.25) is 19.4 Å². The van der Waals surface area contributed by atoms with Crippen molar-refractivity contribution in [1.82, 2.24) is 15.3 Å². The van der Waals surface area contributed by atoms with Gasteiger partial charge in [0.1, 0.15) is 0 Å². The summed E-state index contributed by atoms with van der Waals surface area (Å²) in [4.78, 5) is 49.2. The lowest BCUT2D eigenvalue weighted by atomic mass is 10.1. The van der Waals surface area contributed by atoms with Gasteiger partial charge in [0, 0.05) is 25.6 Å². The first-order valence-corrected chi connectivity index (χ1v) is 7.41. The van der Waals surface area contributed by atoms with Gasteiger partial charge in [0.25, 0.3) is 5.56 Å². The van der Waals surface area contributed by atoms with Gasteiger partial charge in [0.2, 0.25) is 5.91 Å². The highest BCUT2D eigenvalue weighted by Gasteiger charge is 2.28. The average Bonchev–Trinajstić information content (AvgIpc) is 2.93. The summed E-state index contributed by atoms with van der Waals surface area (Å²) in [5.74, 6) is -1.15. The molecule has 0 radical (unpaired) electrons.